The Kier molecular flexibility index (Phi) is 2.90. The largest absolute Gasteiger partial charge is 0.397 e. The average Bonchev–Trinajstić information content (AvgIpc) is 2.64. The quantitative estimate of drug-likeness (QED) is 0.766. The molecule has 2 aliphatic rings. The van der Waals surface area contributed by atoms with Gasteiger partial charge < -0.3 is 20.7 Å². The standard InChI is InChI=1S/C15H21N3O2/c1-9-7-18(8-15(2,3)20-9)13-6-12-10(4-11(13)16)5-14(19)17-12/h4,6,9H,5,7-8,16H2,1-3H3,(H,17,19). The van der Waals surface area contributed by atoms with Crippen LogP contribution in [-0.2, 0) is 16.0 Å². The van der Waals surface area contributed by atoms with Crippen LogP contribution < -0.4 is 16.0 Å². The van der Waals surface area contributed by atoms with Crippen molar-refractivity contribution in [2.75, 3.05) is 29.0 Å². The van der Waals surface area contributed by atoms with E-state index in [-0.39, 0.29) is 17.6 Å². The second-order valence-electron chi connectivity index (χ2n) is 6.36. The summed E-state index contributed by atoms with van der Waals surface area (Å²) in [7, 11) is 0. The molecule has 1 aromatic rings. The Balaban J connectivity index is 1.94. The molecule has 20 heavy (non-hydrogen) atoms. The Morgan fingerprint density at radius 1 is 1.45 bits per heavy atom. The van der Waals surface area contributed by atoms with Gasteiger partial charge in [-0.3, -0.25) is 4.79 Å². The van der Waals surface area contributed by atoms with Crippen molar-refractivity contribution < 1.29 is 9.53 Å². The van der Waals surface area contributed by atoms with Crippen LogP contribution in [0.25, 0.3) is 0 Å². The van der Waals surface area contributed by atoms with E-state index in [0.29, 0.717) is 6.42 Å². The van der Waals surface area contributed by atoms with E-state index < -0.39 is 0 Å². The second-order valence-corrected chi connectivity index (χ2v) is 6.36. The summed E-state index contributed by atoms with van der Waals surface area (Å²) in [5.41, 5.74) is 9.56. The van der Waals surface area contributed by atoms with Crippen LogP contribution in [0.3, 0.4) is 0 Å². The van der Waals surface area contributed by atoms with Gasteiger partial charge in [-0.05, 0) is 38.5 Å². The lowest BCUT2D eigenvalue weighted by atomic mass is 10.0. The number of nitrogens with zero attached hydrogens (tertiary/aromatic N) is 1. The number of rotatable bonds is 1. The first kappa shape index (κ1) is 13.2. The van der Waals surface area contributed by atoms with Crippen molar-refractivity contribution in [3.05, 3.63) is 17.7 Å². The number of morpholine rings is 1. The van der Waals surface area contributed by atoms with Gasteiger partial charge in [-0.1, -0.05) is 0 Å². The highest BCUT2D eigenvalue weighted by molar-refractivity contribution is 6.00. The third-order valence-electron chi connectivity index (χ3n) is 3.79. The van der Waals surface area contributed by atoms with Gasteiger partial charge in [0.05, 0.1) is 29.5 Å². The number of nitrogens with one attached hydrogen (secondary N) is 1. The summed E-state index contributed by atoms with van der Waals surface area (Å²) in [5, 5.41) is 2.88. The predicted octanol–water partition coefficient (Wildman–Crippen LogP) is 1.77. The molecule has 0 spiro atoms. The van der Waals surface area contributed by atoms with Crippen molar-refractivity contribution in [3.63, 3.8) is 0 Å². The SMILES string of the molecule is CC1CN(c2cc3c(cc2N)CC(=O)N3)CC(C)(C)O1. The first-order valence-electron chi connectivity index (χ1n) is 6.99. The summed E-state index contributed by atoms with van der Waals surface area (Å²) in [5.74, 6) is 0.0345. The summed E-state index contributed by atoms with van der Waals surface area (Å²) in [4.78, 5) is 13.7. The predicted molar refractivity (Wildman–Crippen MR) is 80.0 cm³/mol. The van der Waals surface area contributed by atoms with Gasteiger partial charge in [-0.25, -0.2) is 0 Å². The fourth-order valence-electron chi connectivity index (χ4n) is 3.19. The summed E-state index contributed by atoms with van der Waals surface area (Å²) in [6.07, 6.45) is 0.575. The minimum atomic E-state index is -0.202. The highest BCUT2D eigenvalue weighted by atomic mass is 16.5. The van der Waals surface area contributed by atoms with Gasteiger partial charge in [0.1, 0.15) is 0 Å². The zero-order chi connectivity index (χ0) is 14.5. The number of hydrogen-bond donors (Lipinski definition) is 2. The number of nitrogen functional groups attached to an aromatic ring is 1. The van der Waals surface area contributed by atoms with Crippen LogP contribution in [0.5, 0.6) is 0 Å². The minimum Gasteiger partial charge on any atom is -0.397 e. The van der Waals surface area contributed by atoms with E-state index in [2.05, 4.69) is 31.0 Å². The van der Waals surface area contributed by atoms with E-state index in [9.17, 15) is 4.79 Å². The van der Waals surface area contributed by atoms with Gasteiger partial charge in [0.15, 0.2) is 0 Å². The molecule has 0 aromatic heterocycles. The normalized spacial score (nSPS) is 24.4. The van der Waals surface area contributed by atoms with Crippen LogP contribution in [0.2, 0.25) is 0 Å². The first-order chi connectivity index (χ1) is 9.34. The lowest BCUT2D eigenvalue weighted by Gasteiger charge is -2.43. The number of ether oxygens (including phenoxy) is 1. The van der Waals surface area contributed by atoms with E-state index in [1.54, 1.807) is 0 Å². The fraction of sp³-hybridized carbons (Fsp3) is 0.533. The monoisotopic (exact) mass is 275 g/mol. The van der Waals surface area contributed by atoms with Crippen molar-refractivity contribution in [2.24, 2.45) is 0 Å². The molecule has 1 fully saturated rings. The number of hydrogen-bond acceptors (Lipinski definition) is 4. The van der Waals surface area contributed by atoms with Crippen molar-refractivity contribution in [1.82, 2.24) is 0 Å². The van der Waals surface area contributed by atoms with Gasteiger partial charge in [-0.15, -0.1) is 0 Å². The molecule has 108 valence electrons. The molecule has 5 heteroatoms. The van der Waals surface area contributed by atoms with Gasteiger partial charge >= 0.3 is 0 Å². The molecule has 0 radical (unpaired) electrons. The zero-order valence-electron chi connectivity index (χ0n) is 12.2. The number of amides is 1. The third kappa shape index (κ3) is 2.33. The molecule has 1 saturated heterocycles. The number of fused-ring (bicyclic) bond motifs is 1. The summed E-state index contributed by atoms with van der Waals surface area (Å²) >= 11 is 0. The molecule has 0 bridgehead atoms. The first-order valence-corrected chi connectivity index (χ1v) is 6.99. The molecule has 0 aliphatic carbocycles. The number of carbonyl (C=O) groups excluding carboxylic acids is 1. The number of benzene rings is 1. The maximum Gasteiger partial charge on any atom is 0.228 e. The second kappa shape index (κ2) is 4.38. The fourth-order valence-corrected chi connectivity index (χ4v) is 3.19. The molecule has 2 aliphatic heterocycles. The Hall–Kier alpha value is -1.75. The Morgan fingerprint density at radius 2 is 2.20 bits per heavy atom. The number of nitrogens with two attached hydrogens (primary N) is 1. The van der Waals surface area contributed by atoms with E-state index in [1.807, 2.05) is 12.1 Å². The average molecular weight is 275 g/mol. The van der Waals surface area contributed by atoms with Crippen LogP contribution >= 0.6 is 0 Å². The van der Waals surface area contributed by atoms with Gasteiger partial charge in [0.25, 0.3) is 0 Å². The van der Waals surface area contributed by atoms with Crippen molar-refractivity contribution >= 4 is 23.0 Å². The Bertz CT molecular complexity index is 568. The Morgan fingerprint density at radius 3 is 2.90 bits per heavy atom. The molecule has 3 rings (SSSR count). The maximum atomic E-state index is 11.5. The van der Waals surface area contributed by atoms with Crippen LogP contribution in [0.4, 0.5) is 17.1 Å². The van der Waals surface area contributed by atoms with Crippen molar-refractivity contribution in [3.8, 4) is 0 Å². The van der Waals surface area contributed by atoms with Crippen molar-refractivity contribution in [2.45, 2.75) is 38.9 Å². The number of anilines is 3. The molecule has 3 N–H and O–H groups in total. The van der Waals surface area contributed by atoms with Gasteiger partial charge in [0.2, 0.25) is 5.91 Å². The van der Waals surface area contributed by atoms with Crippen LogP contribution in [0, 0.1) is 0 Å². The highest BCUT2D eigenvalue weighted by Crippen LogP contribution is 2.36. The smallest absolute Gasteiger partial charge is 0.228 e. The molecule has 1 unspecified atom stereocenters. The van der Waals surface area contributed by atoms with E-state index >= 15 is 0 Å². The topological polar surface area (TPSA) is 67.6 Å². The minimum absolute atomic E-state index is 0.0345. The Labute approximate surface area is 119 Å². The molecule has 0 saturated carbocycles. The molecular weight excluding hydrogens is 254 g/mol. The van der Waals surface area contributed by atoms with Crippen LogP contribution in [0.15, 0.2) is 12.1 Å². The molecular formula is C15H21N3O2. The molecule has 2 heterocycles. The van der Waals surface area contributed by atoms with E-state index in [4.69, 9.17) is 10.5 Å². The summed E-state index contributed by atoms with van der Waals surface area (Å²) in [6.45, 7) is 7.83. The van der Waals surface area contributed by atoms with Crippen LogP contribution in [0.1, 0.15) is 26.3 Å². The molecule has 1 aromatic carbocycles. The van der Waals surface area contributed by atoms with Gasteiger partial charge in [0, 0.05) is 18.8 Å². The van der Waals surface area contributed by atoms with Gasteiger partial charge in [-0.2, -0.15) is 0 Å². The lowest BCUT2D eigenvalue weighted by molar-refractivity contribution is -0.115. The molecule has 1 amide bonds. The summed E-state index contributed by atoms with van der Waals surface area (Å²) in [6, 6.07) is 3.90. The van der Waals surface area contributed by atoms with E-state index in [0.717, 1.165) is 35.7 Å². The lowest BCUT2D eigenvalue weighted by Crippen LogP contribution is -2.52. The summed E-state index contributed by atoms with van der Waals surface area (Å²) < 4.78 is 5.92. The van der Waals surface area contributed by atoms with Crippen LogP contribution in [-0.4, -0.2) is 30.7 Å². The molecule has 5 nitrogen and oxygen atoms in total. The van der Waals surface area contributed by atoms with E-state index in [1.165, 1.54) is 0 Å². The highest BCUT2D eigenvalue weighted by Gasteiger charge is 2.32. The maximum absolute atomic E-state index is 11.5. The van der Waals surface area contributed by atoms with Crippen molar-refractivity contribution in [1.29, 1.82) is 0 Å². The third-order valence-corrected chi connectivity index (χ3v) is 3.79. The molecule has 1 atom stereocenters. The number of carbonyl (C=O) groups is 1. The zero-order valence-corrected chi connectivity index (χ0v) is 12.2.